The molecule has 1 fully saturated rings. The van der Waals surface area contributed by atoms with E-state index in [1.807, 2.05) is 35.2 Å². The molecule has 1 aliphatic heterocycles. The number of benzene rings is 1. The second kappa shape index (κ2) is 5.68. The van der Waals surface area contributed by atoms with Crippen molar-refractivity contribution in [2.24, 2.45) is 0 Å². The number of hydrogen-bond acceptors (Lipinski definition) is 3. The topological polar surface area (TPSA) is 51.0 Å². The van der Waals surface area contributed by atoms with Crippen molar-refractivity contribution < 1.29 is 4.79 Å². The quantitative estimate of drug-likeness (QED) is 0.852. The van der Waals surface area contributed by atoms with Gasteiger partial charge in [-0.05, 0) is 45.2 Å². The molecule has 5 heteroatoms. The Kier molecular flexibility index (Phi) is 3.73. The van der Waals surface area contributed by atoms with Crippen LogP contribution in [0.25, 0.3) is 5.69 Å². The summed E-state index contributed by atoms with van der Waals surface area (Å²) in [5.74, 6) is -0.0168. The second-order valence-electron chi connectivity index (χ2n) is 5.70. The Morgan fingerprint density at radius 2 is 1.81 bits per heavy atom. The van der Waals surface area contributed by atoms with Crippen LogP contribution < -0.4 is 0 Å². The van der Waals surface area contributed by atoms with E-state index in [9.17, 15) is 4.79 Å². The largest absolute Gasteiger partial charge is 0.332 e. The van der Waals surface area contributed by atoms with Crippen molar-refractivity contribution in [3.05, 3.63) is 42.2 Å². The minimum absolute atomic E-state index is 0.0168. The van der Waals surface area contributed by atoms with Crippen molar-refractivity contribution in [2.45, 2.75) is 45.2 Å². The Morgan fingerprint density at radius 1 is 1.14 bits per heavy atom. The smallest absolute Gasteiger partial charge is 0.276 e. The van der Waals surface area contributed by atoms with Crippen molar-refractivity contribution in [3.8, 4) is 5.69 Å². The number of nitrogens with zero attached hydrogens (tertiary/aromatic N) is 4. The fourth-order valence-corrected chi connectivity index (χ4v) is 3.00. The summed E-state index contributed by atoms with van der Waals surface area (Å²) >= 11 is 0. The summed E-state index contributed by atoms with van der Waals surface area (Å²) in [5.41, 5.74) is 1.27. The first-order valence-electron chi connectivity index (χ1n) is 7.47. The van der Waals surface area contributed by atoms with E-state index in [0.29, 0.717) is 5.69 Å². The van der Waals surface area contributed by atoms with E-state index in [1.165, 1.54) is 11.2 Å². The zero-order valence-corrected chi connectivity index (χ0v) is 12.4. The van der Waals surface area contributed by atoms with Crippen molar-refractivity contribution in [1.29, 1.82) is 0 Å². The van der Waals surface area contributed by atoms with Crippen LogP contribution in [-0.4, -0.2) is 37.9 Å². The lowest BCUT2D eigenvalue weighted by molar-refractivity contribution is 0.0504. The van der Waals surface area contributed by atoms with E-state index in [4.69, 9.17) is 0 Å². The number of aromatic nitrogens is 3. The van der Waals surface area contributed by atoms with Gasteiger partial charge in [-0.3, -0.25) is 4.79 Å². The van der Waals surface area contributed by atoms with Gasteiger partial charge in [0.15, 0.2) is 5.69 Å². The molecule has 1 amide bonds. The number of carbonyl (C=O) groups is 1. The Morgan fingerprint density at radius 3 is 2.48 bits per heavy atom. The van der Waals surface area contributed by atoms with Crippen LogP contribution in [0.4, 0.5) is 0 Å². The van der Waals surface area contributed by atoms with Crippen molar-refractivity contribution in [3.63, 3.8) is 0 Å². The first kappa shape index (κ1) is 13.8. The highest BCUT2D eigenvalue weighted by Gasteiger charge is 2.31. The minimum atomic E-state index is -0.0168. The molecule has 2 aromatic rings. The van der Waals surface area contributed by atoms with Crippen LogP contribution in [0.5, 0.6) is 0 Å². The molecule has 110 valence electrons. The molecule has 1 aromatic heterocycles. The van der Waals surface area contributed by atoms with E-state index in [0.717, 1.165) is 18.5 Å². The van der Waals surface area contributed by atoms with Crippen LogP contribution in [0.3, 0.4) is 0 Å². The molecule has 1 saturated heterocycles. The van der Waals surface area contributed by atoms with Gasteiger partial charge in [0, 0.05) is 12.1 Å². The summed E-state index contributed by atoms with van der Waals surface area (Å²) < 4.78 is 0. The third-order valence-corrected chi connectivity index (χ3v) is 4.13. The standard InChI is InChI=1S/C16H20N4O/c1-12-7-6-8-13(2)19(12)16(21)15-11-17-20(18-15)14-9-4-3-5-10-14/h3-5,9-13H,6-8H2,1-2H3. The maximum Gasteiger partial charge on any atom is 0.276 e. The van der Waals surface area contributed by atoms with Crippen LogP contribution in [-0.2, 0) is 0 Å². The maximum atomic E-state index is 12.7. The van der Waals surface area contributed by atoms with Gasteiger partial charge in [-0.2, -0.15) is 9.90 Å². The van der Waals surface area contributed by atoms with Crippen LogP contribution in [0.1, 0.15) is 43.6 Å². The van der Waals surface area contributed by atoms with Crippen LogP contribution in [0.2, 0.25) is 0 Å². The van der Waals surface area contributed by atoms with Crippen molar-refractivity contribution in [1.82, 2.24) is 19.9 Å². The molecule has 1 aromatic carbocycles. The van der Waals surface area contributed by atoms with Gasteiger partial charge < -0.3 is 4.90 Å². The first-order chi connectivity index (χ1) is 10.2. The summed E-state index contributed by atoms with van der Waals surface area (Å²) in [4.78, 5) is 16.1. The third kappa shape index (κ3) is 2.68. The molecule has 3 rings (SSSR count). The van der Waals surface area contributed by atoms with Gasteiger partial charge in [0.25, 0.3) is 5.91 Å². The van der Waals surface area contributed by atoms with E-state index in [1.54, 1.807) is 6.20 Å². The number of likely N-dealkylation sites (tertiary alicyclic amines) is 1. The van der Waals surface area contributed by atoms with Crippen molar-refractivity contribution >= 4 is 5.91 Å². The lowest BCUT2D eigenvalue weighted by Gasteiger charge is -2.38. The molecule has 0 saturated carbocycles. The van der Waals surface area contributed by atoms with Crippen LogP contribution in [0.15, 0.2) is 36.5 Å². The lowest BCUT2D eigenvalue weighted by Crippen LogP contribution is -2.47. The lowest BCUT2D eigenvalue weighted by atomic mass is 9.97. The summed E-state index contributed by atoms with van der Waals surface area (Å²) in [6.07, 6.45) is 4.86. The summed E-state index contributed by atoms with van der Waals surface area (Å²) in [6.45, 7) is 4.21. The fraction of sp³-hybridized carbons (Fsp3) is 0.438. The van der Waals surface area contributed by atoms with Gasteiger partial charge in [-0.15, -0.1) is 5.10 Å². The van der Waals surface area contributed by atoms with Gasteiger partial charge in [-0.1, -0.05) is 18.2 Å². The first-order valence-corrected chi connectivity index (χ1v) is 7.47. The summed E-state index contributed by atoms with van der Waals surface area (Å²) in [6, 6.07) is 10.2. The Hall–Kier alpha value is -2.17. The molecule has 0 radical (unpaired) electrons. The maximum absolute atomic E-state index is 12.7. The summed E-state index contributed by atoms with van der Waals surface area (Å²) in [7, 11) is 0. The fourth-order valence-electron chi connectivity index (χ4n) is 3.00. The van der Waals surface area contributed by atoms with Gasteiger partial charge in [0.1, 0.15) is 0 Å². The Bertz CT molecular complexity index is 612. The zero-order valence-electron chi connectivity index (χ0n) is 12.4. The SMILES string of the molecule is CC1CCCC(C)N1C(=O)c1cnn(-c2ccccc2)n1. The molecule has 0 spiro atoms. The normalized spacial score (nSPS) is 22.3. The minimum Gasteiger partial charge on any atom is -0.332 e. The van der Waals surface area contributed by atoms with Gasteiger partial charge in [0.05, 0.1) is 11.9 Å². The van der Waals surface area contributed by atoms with E-state index in [2.05, 4.69) is 24.0 Å². The number of para-hydroxylation sites is 1. The zero-order chi connectivity index (χ0) is 14.8. The third-order valence-electron chi connectivity index (χ3n) is 4.13. The molecule has 0 N–H and O–H groups in total. The Balaban J connectivity index is 1.84. The molecule has 0 bridgehead atoms. The highest BCUT2D eigenvalue weighted by Crippen LogP contribution is 2.24. The number of piperidine rings is 1. The molecule has 0 aliphatic carbocycles. The molecule has 2 heterocycles. The molecule has 1 aliphatic rings. The molecule has 21 heavy (non-hydrogen) atoms. The molecule has 2 unspecified atom stereocenters. The summed E-state index contributed by atoms with van der Waals surface area (Å²) in [5, 5.41) is 8.55. The van der Waals surface area contributed by atoms with E-state index in [-0.39, 0.29) is 18.0 Å². The average molecular weight is 284 g/mol. The van der Waals surface area contributed by atoms with Gasteiger partial charge >= 0.3 is 0 Å². The van der Waals surface area contributed by atoms with Crippen molar-refractivity contribution in [2.75, 3.05) is 0 Å². The number of amides is 1. The highest BCUT2D eigenvalue weighted by molar-refractivity contribution is 5.92. The molecule has 2 atom stereocenters. The van der Waals surface area contributed by atoms with Crippen LogP contribution >= 0.6 is 0 Å². The molecule has 5 nitrogen and oxygen atoms in total. The molecular weight excluding hydrogens is 264 g/mol. The average Bonchev–Trinajstić information content (AvgIpc) is 2.97. The van der Waals surface area contributed by atoms with Gasteiger partial charge in [-0.25, -0.2) is 0 Å². The van der Waals surface area contributed by atoms with E-state index < -0.39 is 0 Å². The monoisotopic (exact) mass is 284 g/mol. The Labute approximate surface area is 124 Å². The van der Waals surface area contributed by atoms with E-state index >= 15 is 0 Å². The second-order valence-corrected chi connectivity index (χ2v) is 5.70. The number of hydrogen-bond donors (Lipinski definition) is 0. The highest BCUT2D eigenvalue weighted by atomic mass is 16.2. The number of carbonyl (C=O) groups excluding carboxylic acids is 1. The van der Waals surface area contributed by atoms with Gasteiger partial charge in [0.2, 0.25) is 0 Å². The predicted octanol–water partition coefficient (Wildman–Crippen LogP) is 2.67. The van der Waals surface area contributed by atoms with Crippen LogP contribution in [0, 0.1) is 0 Å². The molecular formula is C16H20N4O. The number of rotatable bonds is 2. The predicted molar refractivity (Wildman–Crippen MR) is 80.3 cm³/mol.